The van der Waals surface area contributed by atoms with Crippen molar-refractivity contribution in [2.24, 2.45) is 0 Å². The molecule has 1 aromatic rings. The first-order valence-corrected chi connectivity index (χ1v) is 7.31. The first-order valence-electron chi connectivity index (χ1n) is 6.47. The van der Waals surface area contributed by atoms with Crippen molar-refractivity contribution < 1.29 is 0 Å². The molecule has 5 heteroatoms. The van der Waals surface area contributed by atoms with E-state index in [1.54, 1.807) is 0 Å². The molecule has 98 valence electrons. The van der Waals surface area contributed by atoms with Gasteiger partial charge in [-0.05, 0) is 50.9 Å². The fourth-order valence-corrected chi connectivity index (χ4v) is 2.25. The Hall–Kier alpha value is -0.520. The van der Waals surface area contributed by atoms with E-state index in [0.29, 0.717) is 6.04 Å². The topological polar surface area (TPSA) is 41.0 Å². The van der Waals surface area contributed by atoms with Crippen molar-refractivity contribution in [1.29, 1.82) is 0 Å². The summed E-state index contributed by atoms with van der Waals surface area (Å²) in [6, 6.07) is 0.548. The van der Waals surface area contributed by atoms with Crippen LogP contribution in [0.3, 0.4) is 0 Å². The van der Waals surface area contributed by atoms with E-state index in [4.69, 9.17) is 0 Å². The maximum absolute atomic E-state index is 4.02. The molecule has 0 radical (unpaired) electrons. The Morgan fingerprint density at radius 2 is 2.18 bits per heavy atom. The summed E-state index contributed by atoms with van der Waals surface area (Å²) in [7, 11) is 0. The highest BCUT2D eigenvalue weighted by Gasteiger charge is 2.04. The smallest absolute Gasteiger partial charge is 0.0893 e. The zero-order valence-corrected chi connectivity index (χ0v) is 12.0. The minimum absolute atomic E-state index is 0.548. The summed E-state index contributed by atoms with van der Waals surface area (Å²) in [4.78, 5) is 2.47. The molecule has 1 heterocycles. The zero-order valence-electron chi connectivity index (χ0n) is 11.1. The Morgan fingerprint density at radius 1 is 1.41 bits per heavy atom. The molecule has 0 aliphatic rings. The van der Waals surface area contributed by atoms with E-state index in [0.717, 1.165) is 25.3 Å². The molecule has 17 heavy (non-hydrogen) atoms. The Labute approximate surface area is 109 Å². The number of nitrogens with one attached hydrogen (secondary N) is 1. The second-order valence-corrected chi connectivity index (χ2v) is 4.96. The third-order valence-electron chi connectivity index (χ3n) is 3.04. The monoisotopic (exact) mass is 256 g/mol. The number of rotatable bonds is 9. The minimum atomic E-state index is 0.548. The van der Waals surface area contributed by atoms with Crippen molar-refractivity contribution >= 4 is 11.5 Å². The highest BCUT2D eigenvalue weighted by Crippen LogP contribution is 2.02. The molecule has 0 saturated carbocycles. The lowest BCUT2D eigenvalue weighted by atomic mass is 10.1. The van der Waals surface area contributed by atoms with Crippen molar-refractivity contribution in [1.82, 2.24) is 19.8 Å². The zero-order chi connectivity index (χ0) is 12.5. The van der Waals surface area contributed by atoms with Crippen LogP contribution in [-0.2, 0) is 6.54 Å². The molecule has 0 amide bonds. The van der Waals surface area contributed by atoms with Crippen LogP contribution in [0.4, 0.5) is 0 Å². The van der Waals surface area contributed by atoms with Crippen LogP contribution in [0.15, 0.2) is 5.38 Å². The van der Waals surface area contributed by atoms with Gasteiger partial charge in [-0.15, -0.1) is 5.10 Å². The molecule has 0 aliphatic carbocycles. The molecule has 1 unspecified atom stereocenters. The molecule has 0 bridgehead atoms. The lowest BCUT2D eigenvalue weighted by Crippen LogP contribution is -2.28. The standard InChI is InChI=1S/C12H24N4S/c1-4-16(5-2)8-6-7-11(3)13-9-12-10-17-15-14-12/h10-11,13H,4-9H2,1-3H3. The fraction of sp³-hybridized carbons (Fsp3) is 0.833. The molecule has 0 aromatic carbocycles. The van der Waals surface area contributed by atoms with E-state index in [2.05, 4.69) is 40.6 Å². The molecule has 1 aromatic heterocycles. The van der Waals surface area contributed by atoms with Crippen molar-refractivity contribution in [3.05, 3.63) is 11.1 Å². The average Bonchev–Trinajstić information content (AvgIpc) is 2.85. The van der Waals surface area contributed by atoms with E-state index in [1.165, 1.54) is 30.9 Å². The van der Waals surface area contributed by atoms with Crippen LogP contribution in [-0.4, -0.2) is 40.2 Å². The third kappa shape index (κ3) is 6.10. The number of aromatic nitrogens is 2. The summed E-state index contributed by atoms with van der Waals surface area (Å²) in [6.45, 7) is 11.0. The van der Waals surface area contributed by atoms with Crippen LogP contribution in [0.25, 0.3) is 0 Å². The van der Waals surface area contributed by atoms with Crippen LogP contribution in [0, 0.1) is 0 Å². The molecular weight excluding hydrogens is 232 g/mol. The van der Waals surface area contributed by atoms with E-state index < -0.39 is 0 Å². The first-order chi connectivity index (χ1) is 8.26. The number of hydrogen-bond acceptors (Lipinski definition) is 5. The van der Waals surface area contributed by atoms with E-state index in [1.807, 2.05) is 5.38 Å². The highest BCUT2D eigenvalue weighted by molar-refractivity contribution is 7.03. The predicted octanol–water partition coefficient (Wildman–Crippen LogP) is 2.14. The van der Waals surface area contributed by atoms with Gasteiger partial charge in [0.25, 0.3) is 0 Å². The van der Waals surface area contributed by atoms with Gasteiger partial charge in [-0.2, -0.15) is 0 Å². The SMILES string of the molecule is CCN(CC)CCCC(C)NCc1csnn1. The average molecular weight is 256 g/mol. The normalized spacial score (nSPS) is 13.2. The van der Waals surface area contributed by atoms with Gasteiger partial charge in [0, 0.05) is 18.0 Å². The minimum Gasteiger partial charge on any atom is -0.309 e. The summed E-state index contributed by atoms with van der Waals surface area (Å²) < 4.78 is 3.85. The second-order valence-electron chi connectivity index (χ2n) is 4.35. The number of nitrogens with zero attached hydrogens (tertiary/aromatic N) is 3. The first kappa shape index (κ1) is 14.5. The summed E-state index contributed by atoms with van der Waals surface area (Å²) in [6.07, 6.45) is 2.47. The molecule has 4 nitrogen and oxygen atoms in total. The van der Waals surface area contributed by atoms with E-state index >= 15 is 0 Å². The molecule has 1 atom stereocenters. The number of hydrogen-bond donors (Lipinski definition) is 1. The third-order valence-corrected chi connectivity index (χ3v) is 3.60. The van der Waals surface area contributed by atoms with Crippen LogP contribution in [0.1, 0.15) is 39.3 Å². The van der Waals surface area contributed by atoms with E-state index in [9.17, 15) is 0 Å². The van der Waals surface area contributed by atoms with Gasteiger partial charge in [-0.25, -0.2) is 0 Å². The molecular formula is C12H24N4S. The van der Waals surface area contributed by atoms with Gasteiger partial charge < -0.3 is 10.2 Å². The van der Waals surface area contributed by atoms with Gasteiger partial charge in [0.05, 0.1) is 5.69 Å². The van der Waals surface area contributed by atoms with E-state index in [-0.39, 0.29) is 0 Å². The van der Waals surface area contributed by atoms with Crippen molar-refractivity contribution in [2.75, 3.05) is 19.6 Å². The molecule has 1 rings (SSSR count). The van der Waals surface area contributed by atoms with Gasteiger partial charge in [0.15, 0.2) is 0 Å². The van der Waals surface area contributed by atoms with Crippen molar-refractivity contribution in [3.8, 4) is 0 Å². The largest absolute Gasteiger partial charge is 0.309 e. The molecule has 0 spiro atoms. The van der Waals surface area contributed by atoms with Crippen LogP contribution < -0.4 is 5.32 Å². The summed E-state index contributed by atoms with van der Waals surface area (Å²) in [5.41, 5.74) is 1.05. The second kappa shape index (κ2) is 8.55. The Balaban J connectivity index is 2.06. The Kier molecular flexibility index (Phi) is 7.32. The fourth-order valence-electron chi connectivity index (χ4n) is 1.80. The van der Waals surface area contributed by atoms with Gasteiger partial charge in [0.1, 0.15) is 0 Å². The van der Waals surface area contributed by atoms with Crippen LogP contribution in [0.5, 0.6) is 0 Å². The lowest BCUT2D eigenvalue weighted by molar-refractivity contribution is 0.290. The molecule has 0 aliphatic heterocycles. The molecule has 1 N–H and O–H groups in total. The van der Waals surface area contributed by atoms with Crippen molar-refractivity contribution in [2.45, 2.75) is 46.2 Å². The van der Waals surface area contributed by atoms with Gasteiger partial charge >= 0.3 is 0 Å². The summed E-state index contributed by atoms with van der Waals surface area (Å²) in [5.74, 6) is 0. The summed E-state index contributed by atoms with van der Waals surface area (Å²) >= 11 is 1.41. The van der Waals surface area contributed by atoms with Gasteiger partial charge in [0.2, 0.25) is 0 Å². The predicted molar refractivity (Wildman–Crippen MR) is 73.2 cm³/mol. The Bertz CT molecular complexity index is 272. The quantitative estimate of drug-likeness (QED) is 0.735. The van der Waals surface area contributed by atoms with Gasteiger partial charge in [-0.1, -0.05) is 18.3 Å². The molecule has 0 saturated heterocycles. The van der Waals surface area contributed by atoms with Crippen LogP contribution >= 0.6 is 11.5 Å². The Morgan fingerprint density at radius 3 is 2.76 bits per heavy atom. The maximum atomic E-state index is 4.02. The molecule has 0 fully saturated rings. The summed E-state index contributed by atoms with van der Waals surface area (Å²) in [5, 5.41) is 9.50. The van der Waals surface area contributed by atoms with Gasteiger partial charge in [-0.3, -0.25) is 0 Å². The van der Waals surface area contributed by atoms with Crippen molar-refractivity contribution in [3.63, 3.8) is 0 Å². The lowest BCUT2D eigenvalue weighted by Gasteiger charge is -2.19. The van der Waals surface area contributed by atoms with Crippen LogP contribution in [0.2, 0.25) is 0 Å². The highest BCUT2D eigenvalue weighted by atomic mass is 32.1. The maximum Gasteiger partial charge on any atom is 0.0893 e.